The molecule has 2 rings (SSSR count). The smallest absolute Gasteiger partial charge is 0.0693 e. The standard InChI is InChI=1S/C15H23NO/c1-3-12-7-9-13(10-8-12)11(2)16-14-5-4-6-15(14)17/h7-11,14-17H,3-6H2,1-2H3/t11?,14-,15-/m0/s1. The Hall–Kier alpha value is -0.860. The van der Waals surface area contributed by atoms with Gasteiger partial charge < -0.3 is 10.4 Å². The molecule has 0 heterocycles. The maximum Gasteiger partial charge on any atom is 0.0693 e. The normalized spacial score (nSPS) is 26.1. The summed E-state index contributed by atoms with van der Waals surface area (Å²) >= 11 is 0. The van der Waals surface area contributed by atoms with E-state index in [-0.39, 0.29) is 12.1 Å². The SMILES string of the molecule is CCc1ccc(C(C)N[C@H]2CCC[C@@H]2O)cc1. The summed E-state index contributed by atoms with van der Waals surface area (Å²) in [5, 5.41) is 13.3. The molecule has 0 aromatic heterocycles. The lowest BCUT2D eigenvalue weighted by molar-refractivity contribution is 0.144. The van der Waals surface area contributed by atoms with Crippen LogP contribution >= 0.6 is 0 Å². The molecule has 0 spiro atoms. The van der Waals surface area contributed by atoms with Gasteiger partial charge in [-0.1, -0.05) is 31.2 Å². The van der Waals surface area contributed by atoms with Crippen LogP contribution in [0.2, 0.25) is 0 Å². The highest BCUT2D eigenvalue weighted by molar-refractivity contribution is 5.24. The van der Waals surface area contributed by atoms with E-state index in [1.807, 2.05) is 0 Å². The van der Waals surface area contributed by atoms with Gasteiger partial charge in [0.15, 0.2) is 0 Å². The van der Waals surface area contributed by atoms with Crippen molar-refractivity contribution in [3.63, 3.8) is 0 Å². The van der Waals surface area contributed by atoms with Crippen LogP contribution in [-0.4, -0.2) is 17.3 Å². The quantitative estimate of drug-likeness (QED) is 0.838. The second-order valence-electron chi connectivity index (χ2n) is 5.09. The third kappa shape index (κ3) is 3.08. The van der Waals surface area contributed by atoms with Gasteiger partial charge in [-0.25, -0.2) is 0 Å². The summed E-state index contributed by atoms with van der Waals surface area (Å²) in [6.07, 6.45) is 4.11. The summed E-state index contributed by atoms with van der Waals surface area (Å²) in [4.78, 5) is 0. The maximum absolute atomic E-state index is 9.80. The van der Waals surface area contributed by atoms with Crippen LogP contribution in [0.5, 0.6) is 0 Å². The molecule has 1 fully saturated rings. The average Bonchev–Trinajstić information content (AvgIpc) is 2.75. The molecule has 1 saturated carbocycles. The van der Waals surface area contributed by atoms with Gasteiger partial charge in [0, 0.05) is 12.1 Å². The van der Waals surface area contributed by atoms with Crippen molar-refractivity contribution in [2.45, 2.75) is 57.7 Å². The first-order chi connectivity index (χ1) is 8.20. The van der Waals surface area contributed by atoms with Crippen LogP contribution in [0, 0.1) is 0 Å². The average molecular weight is 233 g/mol. The second-order valence-corrected chi connectivity index (χ2v) is 5.09. The van der Waals surface area contributed by atoms with Gasteiger partial charge in [-0.3, -0.25) is 0 Å². The highest BCUT2D eigenvalue weighted by Gasteiger charge is 2.26. The van der Waals surface area contributed by atoms with Gasteiger partial charge in [-0.15, -0.1) is 0 Å². The highest BCUT2D eigenvalue weighted by atomic mass is 16.3. The van der Waals surface area contributed by atoms with E-state index < -0.39 is 0 Å². The van der Waals surface area contributed by atoms with Gasteiger partial charge >= 0.3 is 0 Å². The van der Waals surface area contributed by atoms with Crippen LogP contribution < -0.4 is 5.32 Å². The lowest BCUT2D eigenvalue weighted by Gasteiger charge is -2.22. The first-order valence-corrected chi connectivity index (χ1v) is 6.73. The Morgan fingerprint density at radius 3 is 2.53 bits per heavy atom. The highest BCUT2D eigenvalue weighted by Crippen LogP contribution is 2.22. The minimum absolute atomic E-state index is 0.160. The maximum atomic E-state index is 9.80. The largest absolute Gasteiger partial charge is 0.392 e. The number of rotatable bonds is 4. The minimum Gasteiger partial charge on any atom is -0.392 e. The van der Waals surface area contributed by atoms with Gasteiger partial charge in [0.1, 0.15) is 0 Å². The first kappa shape index (κ1) is 12.6. The molecule has 2 N–H and O–H groups in total. The van der Waals surface area contributed by atoms with E-state index in [4.69, 9.17) is 0 Å². The molecule has 3 atom stereocenters. The molecule has 1 unspecified atom stereocenters. The van der Waals surface area contributed by atoms with E-state index in [1.54, 1.807) is 0 Å². The fraction of sp³-hybridized carbons (Fsp3) is 0.600. The second kappa shape index (κ2) is 5.65. The molecule has 2 nitrogen and oxygen atoms in total. The summed E-state index contributed by atoms with van der Waals surface area (Å²) in [6, 6.07) is 9.36. The third-order valence-corrected chi connectivity index (χ3v) is 3.83. The van der Waals surface area contributed by atoms with E-state index in [9.17, 15) is 5.11 Å². The molecule has 0 bridgehead atoms. The number of nitrogens with one attached hydrogen (secondary N) is 1. The van der Waals surface area contributed by atoms with Crippen molar-refractivity contribution < 1.29 is 5.11 Å². The van der Waals surface area contributed by atoms with E-state index in [0.29, 0.717) is 6.04 Å². The van der Waals surface area contributed by atoms with Crippen LogP contribution in [0.4, 0.5) is 0 Å². The summed E-state index contributed by atoms with van der Waals surface area (Å²) < 4.78 is 0. The van der Waals surface area contributed by atoms with Gasteiger partial charge in [-0.05, 0) is 43.7 Å². The fourth-order valence-corrected chi connectivity index (χ4v) is 2.59. The molecule has 1 aliphatic rings. The number of aliphatic hydroxyl groups excluding tert-OH is 1. The van der Waals surface area contributed by atoms with Crippen molar-refractivity contribution >= 4 is 0 Å². The molecular formula is C15H23NO. The van der Waals surface area contributed by atoms with Gasteiger partial charge in [0.2, 0.25) is 0 Å². The molecule has 1 aromatic carbocycles. The van der Waals surface area contributed by atoms with E-state index in [2.05, 4.69) is 43.4 Å². The number of hydrogen-bond donors (Lipinski definition) is 2. The van der Waals surface area contributed by atoms with Gasteiger partial charge in [0.05, 0.1) is 6.10 Å². The van der Waals surface area contributed by atoms with Crippen LogP contribution in [0.1, 0.15) is 50.3 Å². The zero-order valence-electron chi connectivity index (χ0n) is 10.8. The summed E-state index contributed by atoms with van der Waals surface area (Å²) in [6.45, 7) is 4.34. The zero-order valence-corrected chi connectivity index (χ0v) is 10.8. The topological polar surface area (TPSA) is 32.3 Å². The van der Waals surface area contributed by atoms with Gasteiger partial charge in [-0.2, -0.15) is 0 Å². The third-order valence-electron chi connectivity index (χ3n) is 3.83. The Bertz CT molecular complexity index is 346. The Morgan fingerprint density at radius 2 is 2.00 bits per heavy atom. The Balaban J connectivity index is 1.96. The lowest BCUT2D eigenvalue weighted by atomic mass is 10.0. The van der Waals surface area contributed by atoms with Crippen molar-refractivity contribution in [3.8, 4) is 0 Å². The Kier molecular flexibility index (Phi) is 4.19. The predicted molar refractivity (Wildman–Crippen MR) is 71.0 cm³/mol. The lowest BCUT2D eigenvalue weighted by Crippen LogP contribution is -2.37. The van der Waals surface area contributed by atoms with Crippen molar-refractivity contribution in [2.24, 2.45) is 0 Å². The monoisotopic (exact) mass is 233 g/mol. The zero-order chi connectivity index (χ0) is 12.3. The summed E-state index contributed by atoms with van der Waals surface area (Å²) in [5.74, 6) is 0. The molecule has 0 radical (unpaired) electrons. The Labute approximate surface area is 104 Å². The van der Waals surface area contributed by atoms with Crippen LogP contribution in [0.25, 0.3) is 0 Å². The molecule has 94 valence electrons. The minimum atomic E-state index is -0.160. The first-order valence-electron chi connectivity index (χ1n) is 6.73. The molecule has 2 heteroatoms. The predicted octanol–water partition coefficient (Wildman–Crippen LogP) is 2.81. The summed E-state index contributed by atoms with van der Waals surface area (Å²) in [7, 11) is 0. The Morgan fingerprint density at radius 1 is 1.29 bits per heavy atom. The van der Waals surface area contributed by atoms with E-state index in [0.717, 1.165) is 25.7 Å². The number of benzene rings is 1. The van der Waals surface area contributed by atoms with Crippen LogP contribution in [0.15, 0.2) is 24.3 Å². The van der Waals surface area contributed by atoms with E-state index >= 15 is 0 Å². The van der Waals surface area contributed by atoms with Crippen molar-refractivity contribution in [2.75, 3.05) is 0 Å². The molecule has 1 aromatic rings. The van der Waals surface area contributed by atoms with E-state index in [1.165, 1.54) is 11.1 Å². The number of aryl methyl sites for hydroxylation is 1. The molecule has 17 heavy (non-hydrogen) atoms. The van der Waals surface area contributed by atoms with Crippen molar-refractivity contribution in [3.05, 3.63) is 35.4 Å². The van der Waals surface area contributed by atoms with Gasteiger partial charge in [0.25, 0.3) is 0 Å². The molecule has 1 aliphatic carbocycles. The van der Waals surface area contributed by atoms with Crippen LogP contribution in [-0.2, 0) is 6.42 Å². The van der Waals surface area contributed by atoms with Crippen molar-refractivity contribution in [1.82, 2.24) is 5.32 Å². The molecule has 0 amide bonds. The molecular weight excluding hydrogens is 210 g/mol. The number of hydrogen-bond acceptors (Lipinski definition) is 2. The number of aliphatic hydroxyl groups is 1. The fourth-order valence-electron chi connectivity index (χ4n) is 2.59. The summed E-state index contributed by atoms with van der Waals surface area (Å²) in [5.41, 5.74) is 2.68. The molecule has 0 saturated heterocycles. The van der Waals surface area contributed by atoms with Crippen LogP contribution in [0.3, 0.4) is 0 Å². The molecule has 0 aliphatic heterocycles. The van der Waals surface area contributed by atoms with Crippen molar-refractivity contribution in [1.29, 1.82) is 0 Å².